The largest absolute Gasteiger partial charge is 0.355 e. The molecule has 15 heavy (non-hydrogen) atoms. The second-order valence-corrected chi connectivity index (χ2v) is 4.03. The second kappa shape index (κ2) is 6.48. The van der Waals surface area contributed by atoms with E-state index in [-0.39, 0.29) is 12.5 Å². The summed E-state index contributed by atoms with van der Waals surface area (Å²) in [5.41, 5.74) is 6.40. The van der Waals surface area contributed by atoms with Crippen LogP contribution in [0, 0.1) is 0 Å². The van der Waals surface area contributed by atoms with Crippen molar-refractivity contribution in [2.45, 2.75) is 11.3 Å². The van der Waals surface area contributed by atoms with Crippen LogP contribution in [0.1, 0.15) is 5.56 Å². The smallest absolute Gasteiger partial charge is 0.233 e. The van der Waals surface area contributed by atoms with E-state index in [2.05, 4.69) is 35.8 Å². The predicted molar refractivity (Wildman–Crippen MR) is 64.0 cm³/mol. The average molecular weight is 224 g/mol. The number of rotatable bonds is 5. The molecule has 0 unspecified atom stereocenters. The van der Waals surface area contributed by atoms with Crippen LogP contribution in [0.3, 0.4) is 0 Å². The maximum atomic E-state index is 10.9. The molecule has 0 fully saturated rings. The first kappa shape index (κ1) is 12.1. The molecule has 0 saturated heterocycles. The molecular formula is C11H16N2OS. The number of nitrogens with one attached hydrogen (secondary N) is 1. The first-order valence-corrected chi connectivity index (χ1v) is 6.08. The molecule has 0 atom stereocenters. The Morgan fingerprint density at radius 2 is 2.07 bits per heavy atom. The molecule has 0 heterocycles. The molecule has 0 aliphatic heterocycles. The van der Waals surface area contributed by atoms with Crippen LogP contribution in [-0.4, -0.2) is 25.3 Å². The molecule has 3 nitrogen and oxygen atoms in total. The van der Waals surface area contributed by atoms with Crippen molar-refractivity contribution in [3.8, 4) is 0 Å². The fourth-order valence-corrected chi connectivity index (χ4v) is 1.62. The van der Waals surface area contributed by atoms with E-state index in [9.17, 15) is 4.79 Å². The number of hydrogen-bond donors (Lipinski definition) is 2. The summed E-state index contributed by atoms with van der Waals surface area (Å²) in [7, 11) is 0. The van der Waals surface area contributed by atoms with Gasteiger partial charge in [0.2, 0.25) is 5.91 Å². The van der Waals surface area contributed by atoms with Crippen molar-refractivity contribution in [1.29, 1.82) is 0 Å². The van der Waals surface area contributed by atoms with Crippen molar-refractivity contribution in [2.24, 2.45) is 5.73 Å². The van der Waals surface area contributed by atoms with Crippen molar-refractivity contribution in [3.63, 3.8) is 0 Å². The summed E-state index contributed by atoms with van der Waals surface area (Å²) >= 11 is 1.72. The van der Waals surface area contributed by atoms with Crippen molar-refractivity contribution in [3.05, 3.63) is 29.8 Å². The zero-order chi connectivity index (χ0) is 11.1. The van der Waals surface area contributed by atoms with Crippen LogP contribution in [-0.2, 0) is 11.2 Å². The number of nitrogens with two attached hydrogens (primary N) is 1. The van der Waals surface area contributed by atoms with Crippen LogP contribution in [0.4, 0.5) is 0 Å². The summed E-state index contributed by atoms with van der Waals surface area (Å²) in [5, 5.41) is 2.74. The normalized spacial score (nSPS) is 10.0. The van der Waals surface area contributed by atoms with Crippen molar-refractivity contribution >= 4 is 17.7 Å². The van der Waals surface area contributed by atoms with Crippen LogP contribution in [0.25, 0.3) is 0 Å². The fraction of sp³-hybridized carbons (Fsp3) is 0.364. The first-order chi connectivity index (χ1) is 7.26. The van der Waals surface area contributed by atoms with E-state index in [4.69, 9.17) is 5.73 Å². The lowest BCUT2D eigenvalue weighted by atomic mass is 10.1. The average Bonchev–Trinajstić information content (AvgIpc) is 2.29. The lowest BCUT2D eigenvalue weighted by Gasteiger charge is -2.04. The van der Waals surface area contributed by atoms with Gasteiger partial charge >= 0.3 is 0 Å². The number of hydrogen-bond acceptors (Lipinski definition) is 3. The van der Waals surface area contributed by atoms with Crippen LogP contribution < -0.4 is 11.1 Å². The Hall–Kier alpha value is -1.00. The van der Waals surface area contributed by atoms with Gasteiger partial charge in [0.25, 0.3) is 0 Å². The van der Waals surface area contributed by atoms with Crippen LogP contribution in [0.5, 0.6) is 0 Å². The summed E-state index contributed by atoms with van der Waals surface area (Å²) in [6, 6.07) is 8.34. The molecular weight excluding hydrogens is 208 g/mol. The minimum Gasteiger partial charge on any atom is -0.355 e. The molecule has 0 radical (unpaired) electrons. The molecule has 0 aliphatic rings. The van der Waals surface area contributed by atoms with E-state index in [0.29, 0.717) is 6.54 Å². The van der Waals surface area contributed by atoms with Gasteiger partial charge in [-0.25, -0.2) is 0 Å². The third kappa shape index (κ3) is 4.36. The highest BCUT2D eigenvalue weighted by Gasteiger charge is 1.97. The van der Waals surface area contributed by atoms with Gasteiger partial charge < -0.3 is 11.1 Å². The van der Waals surface area contributed by atoms with Crippen molar-refractivity contribution in [2.75, 3.05) is 19.3 Å². The highest BCUT2D eigenvalue weighted by Crippen LogP contribution is 2.14. The quantitative estimate of drug-likeness (QED) is 0.734. The zero-order valence-electron chi connectivity index (χ0n) is 8.82. The van der Waals surface area contributed by atoms with E-state index >= 15 is 0 Å². The third-order valence-electron chi connectivity index (χ3n) is 2.08. The second-order valence-electron chi connectivity index (χ2n) is 3.15. The van der Waals surface area contributed by atoms with Crippen molar-refractivity contribution < 1.29 is 4.79 Å². The molecule has 0 saturated carbocycles. The molecule has 3 N–H and O–H groups in total. The summed E-state index contributed by atoms with van der Waals surface area (Å²) in [6.07, 6.45) is 2.90. The van der Waals surface area contributed by atoms with Crippen molar-refractivity contribution in [1.82, 2.24) is 5.32 Å². The summed E-state index contributed by atoms with van der Waals surface area (Å²) in [5.74, 6) is -0.101. The standard InChI is InChI=1S/C11H16N2OS/c1-15-10-4-2-9(3-5-10)6-7-13-11(14)8-12/h2-5H,6-8,12H2,1H3,(H,13,14). The van der Waals surface area contributed by atoms with E-state index in [1.807, 2.05) is 0 Å². The van der Waals surface area contributed by atoms with Gasteiger partial charge in [-0.15, -0.1) is 11.8 Å². The van der Waals surface area contributed by atoms with Gasteiger partial charge in [-0.3, -0.25) is 4.79 Å². The Balaban J connectivity index is 2.34. The molecule has 1 aromatic carbocycles. The summed E-state index contributed by atoms with van der Waals surface area (Å²) in [6.45, 7) is 0.708. The molecule has 0 aliphatic carbocycles. The minimum absolute atomic E-state index is 0.0609. The van der Waals surface area contributed by atoms with Crippen LogP contribution in [0.15, 0.2) is 29.2 Å². The van der Waals surface area contributed by atoms with Gasteiger partial charge in [0.1, 0.15) is 0 Å². The summed E-state index contributed by atoms with van der Waals surface area (Å²) in [4.78, 5) is 12.1. The topological polar surface area (TPSA) is 55.1 Å². The molecule has 0 bridgehead atoms. The zero-order valence-corrected chi connectivity index (χ0v) is 9.64. The van der Waals surface area contributed by atoms with E-state index in [1.54, 1.807) is 11.8 Å². The Labute approximate surface area is 94.4 Å². The molecule has 82 valence electrons. The van der Waals surface area contributed by atoms with Crippen LogP contribution in [0.2, 0.25) is 0 Å². The molecule has 0 aromatic heterocycles. The Kier molecular flexibility index (Phi) is 5.21. The monoisotopic (exact) mass is 224 g/mol. The van der Waals surface area contributed by atoms with Crippen LogP contribution >= 0.6 is 11.8 Å². The number of amides is 1. The van der Waals surface area contributed by atoms with E-state index in [0.717, 1.165) is 6.42 Å². The van der Waals surface area contributed by atoms with Gasteiger partial charge in [-0.1, -0.05) is 12.1 Å². The molecule has 4 heteroatoms. The lowest BCUT2D eigenvalue weighted by molar-refractivity contribution is -0.119. The number of carbonyl (C=O) groups is 1. The van der Waals surface area contributed by atoms with E-state index in [1.165, 1.54) is 10.5 Å². The molecule has 0 spiro atoms. The number of thioether (sulfide) groups is 1. The maximum Gasteiger partial charge on any atom is 0.233 e. The lowest BCUT2D eigenvalue weighted by Crippen LogP contribution is -2.31. The first-order valence-electron chi connectivity index (χ1n) is 4.86. The molecule has 1 aromatic rings. The highest BCUT2D eigenvalue weighted by atomic mass is 32.2. The van der Waals surface area contributed by atoms with Gasteiger partial charge in [0.05, 0.1) is 6.54 Å². The Bertz CT molecular complexity index is 311. The fourth-order valence-electron chi connectivity index (χ4n) is 1.21. The van der Waals surface area contributed by atoms with Gasteiger partial charge in [-0.2, -0.15) is 0 Å². The Morgan fingerprint density at radius 1 is 1.40 bits per heavy atom. The summed E-state index contributed by atoms with van der Waals surface area (Å²) < 4.78 is 0. The SMILES string of the molecule is CSc1ccc(CCNC(=O)CN)cc1. The molecule has 1 amide bonds. The number of carbonyl (C=O) groups excluding carboxylic acids is 1. The Morgan fingerprint density at radius 3 is 2.60 bits per heavy atom. The minimum atomic E-state index is -0.101. The van der Waals surface area contributed by atoms with Gasteiger partial charge in [0, 0.05) is 11.4 Å². The molecule has 1 rings (SSSR count). The van der Waals surface area contributed by atoms with E-state index < -0.39 is 0 Å². The third-order valence-corrected chi connectivity index (χ3v) is 2.82. The van der Waals surface area contributed by atoms with Gasteiger partial charge in [0.15, 0.2) is 0 Å². The predicted octanol–water partition coefficient (Wildman–Crippen LogP) is 1.03. The van der Waals surface area contributed by atoms with Gasteiger partial charge in [-0.05, 0) is 30.4 Å². The number of benzene rings is 1. The highest BCUT2D eigenvalue weighted by molar-refractivity contribution is 7.98. The maximum absolute atomic E-state index is 10.9.